The van der Waals surface area contributed by atoms with Crippen LogP contribution in [0.5, 0.6) is 0 Å². The molecule has 0 aromatic carbocycles. The normalized spacial score (nSPS) is 25.1. The molecule has 0 amide bonds. The summed E-state index contributed by atoms with van der Waals surface area (Å²) in [7, 11) is 1.90. The van der Waals surface area contributed by atoms with Crippen LogP contribution in [0.15, 0.2) is 6.20 Å². The van der Waals surface area contributed by atoms with Gasteiger partial charge in [0.25, 0.3) is 0 Å². The van der Waals surface area contributed by atoms with Crippen LogP contribution in [0.3, 0.4) is 0 Å². The summed E-state index contributed by atoms with van der Waals surface area (Å²) in [6.07, 6.45) is 5.99. The minimum atomic E-state index is 0.659. The molecule has 1 aliphatic rings. The zero-order valence-corrected chi connectivity index (χ0v) is 10.8. The predicted molar refractivity (Wildman–Crippen MR) is 67.4 cm³/mol. The van der Waals surface area contributed by atoms with Gasteiger partial charge in [0.1, 0.15) is 0 Å². The van der Waals surface area contributed by atoms with Gasteiger partial charge in [0.05, 0.1) is 5.69 Å². The summed E-state index contributed by atoms with van der Waals surface area (Å²) in [5.41, 5.74) is 1.04. The maximum atomic E-state index is 4.09. The van der Waals surface area contributed by atoms with Gasteiger partial charge in [-0.25, -0.2) is 0 Å². The quantitative estimate of drug-likeness (QED) is 0.848. The van der Waals surface area contributed by atoms with Crippen molar-refractivity contribution in [2.75, 3.05) is 5.75 Å². The molecular formula is C11H20N4S. The SMILES string of the molecule is CCSC1CCCC1NCc1cn(C)nn1. The first-order valence-corrected chi connectivity index (χ1v) is 7.04. The van der Waals surface area contributed by atoms with E-state index in [0.717, 1.165) is 17.5 Å². The van der Waals surface area contributed by atoms with Crippen LogP contribution in [-0.2, 0) is 13.6 Å². The van der Waals surface area contributed by atoms with Gasteiger partial charge >= 0.3 is 0 Å². The van der Waals surface area contributed by atoms with Crippen molar-refractivity contribution in [2.24, 2.45) is 7.05 Å². The third-order valence-corrected chi connectivity index (χ3v) is 4.35. The first-order valence-electron chi connectivity index (χ1n) is 5.99. The van der Waals surface area contributed by atoms with Crippen LogP contribution < -0.4 is 5.32 Å². The van der Waals surface area contributed by atoms with Gasteiger partial charge in [-0.2, -0.15) is 11.8 Å². The minimum Gasteiger partial charge on any atom is -0.307 e. The summed E-state index contributed by atoms with van der Waals surface area (Å²) >= 11 is 2.08. The Bertz CT molecular complexity index is 326. The molecule has 0 bridgehead atoms. The van der Waals surface area contributed by atoms with E-state index in [2.05, 4.69) is 34.3 Å². The number of aromatic nitrogens is 3. The molecule has 1 N–H and O–H groups in total. The summed E-state index contributed by atoms with van der Waals surface area (Å²) in [5, 5.41) is 12.4. The largest absolute Gasteiger partial charge is 0.307 e. The monoisotopic (exact) mass is 240 g/mol. The fraction of sp³-hybridized carbons (Fsp3) is 0.818. The van der Waals surface area contributed by atoms with Crippen LogP contribution in [0.1, 0.15) is 31.9 Å². The van der Waals surface area contributed by atoms with E-state index in [9.17, 15) is 0 Å². The lowest BCUT2D eigenvalue weighted by Crippen LogP contribution is -2.33. The van der Waals surface area contributed by atoms with Crippen molar-refractivity contribution in [3.8, 4) is 0 Å². The van der Waals surface area contributed by atoms with Crippen molar-refractivity contribution in [1.82, 2.24) is 20.3 Å². The van der Waals surface area contributed by atoms with Crippen LogP contribution in [0.25, 0.3) is 0 Å². The summed E-state index contributed by atoms with van der Waals surface area (Å²) in [4.78, 5) is 0. The molecule has 1 aromatic rings. The first-order chi connectivity index (χ1) is 7.79. The second-order valence-corrected chi connectivity index (χ2v) is 5.81. The Labute approximate surface area is 101 Å². The van der Waals surface area contributed by atoms with E-state index in [1.807, 2.05) is 13.2 Å². The third-order valence-electron chi connectivity index (χ3n) is 3.03. The maximum absolute atomic E-state index is 4.09. The summed E-state index contributed by atoms with van der Waals surface area (Å²) in [6.45, 7) is 3.09. The Morgan fingerprint density at radius 2 is 2.44 bits per heavy atom. The number of hydrogen-bond donors (Lipinski definition) is 1. The van der Waals surface area contributed by atoms with E-state index < -0.39 is 0 Å². The first kappa shape index (κ1) is 11.9. The fourth-order valence-electron chi connectivity index (χ4n) is 2.29. The fourth-order valence-corrected chi connectivity index (χ4v) is 3.51. The van der Waals surface area contributed by atoms with E-state index in [0.29, 0.717) is 6.04 Å². The zero-order valence-electron chi connectivity index (χ0n) is 10.0. The summed E-state index contributed by atoms with van der Waals surface area (Å²) in [6, 6.07) is 0.659. The van der Waals surface area contributed by atoms with Gasteiger partial charge in [-0.3, -0.25) is 4.68 Å². The van der Waals surface area contributed by atoms with Crippen molar-refractivity contribution in [2.45, 2.75) is 44.0 Å². The second-order valence-electron chi connectivity index (χ2n) is 4.30. The average Bonchev–Trinajstić information content (AvgIpc) is 2.85. The van der Waals surface area contributed by atoms with Crippen LogP contribution in [-0.4, -0.2) is 32.0 Å². The molecule has 2 atom stereocenters. The smallest absolute Gasteiger partial charge is 0.0964 e. The van der Waals surface area contributed by atoms with Gasteiger partial charge in [0.2, 0.25) is 0 Å². The third kappa shape index (κ3) is 2.98. The average molecular weight is 240 g/mol. The number of aryl methyl sites for hydroxylation is 1. The molecule has 0 aliphatic heterocycles. The Balaban J connectivity index is 1.80. The number of hydrogen-bond acceptors (Lipinski definition) is 4. The molecular weight excluding hydrogens is 220 g/mol. The van der Waals surface area contributed by atoms with Crippen LogP contribution in [0.2, 0.25) is 0 Å². The molecule has 1 fully saturated rings. The molecule has 0 spiro atoms. The molecule has 4 nitrogen and oxygen atoms in total. The van der Waals surface area contributed by atoms with Crippen molar-refractivity contribution in [3.05, 3.63) is 11.9 Å². The highest BCUT2D eigenvalue weighted by atomic mass is 32.2. The van der Waals surface area contributed by atoms with E-state index in [-0.39, 0.29) is 0 Å². The highest BCUT2D eigenvalue weighted by Gasteiger charge is 2.26. The summed E-state index contributed by atoms with van der Waals surface area (Å²) in [5.74, 6) is 1.22. The van der Waals surface area contributed by atoms with Gasteiger partial charge in [-0.05, 0) is 18.6 Å². The lowest BCUT2D eigenvalue weighted by atomic mass is 10.2. The van der Waals surface area contributed by atoms with Crippen molar-refractivity contribution < 1.29 is 0 Å². The van der Waals surface area contributed by atoms with Gasteiger partial charge in [-0.15, -0.1) is 5.10 Å². The van der Waals surface area contributed by atoms with Crippen molar-refractivity contribution in [3.63, 3.8) is 0 Å². The molecule has 2 unspecified atom stereocenters. The molecule has 1 aliphatic carbocycles. The molecule has 1 aromatic heterocycles. The molecule has 0 radical (unpaired) electrons. The highest BCUT2D eigenvalue weighted by molar-refractivity contribution is 7.99. The highest BCUT2D eigenvalue weighted by Crippen LogP contribution is 2.29. The summed E-state index contributed by atoms with van der Waals surface area (Å²) < 4.78 is 1.75. The number of nitrogens with one attached hydrogen (secondary N) is 1. The van der Waals surface area contributed by atoms with E-state index in [4.69, 9.17) is 0 Å². The van der Waals surface area contributed by atoms with Crippen molar-refractivity contribution >= 4 is 11.8 Å². The Hall–Kier alpha value is -0.550. The molecule has 5 heteroatoms. The molecule has 1 saturated carbocycles. The van der Waals surface area contributed by atoms with Gasteiger partial charge in [0.15, 0.2) is 0 Å². The lowest BCUT2D eigenvalue weighted by Gasteiger charge is -2.19. The predicted octanol–water partition coefficient (Wildman–Crippen LogP) is 1.58. The second kappa shape index (κ2) is 5.68. The molecule has 1 heterocycles. The molecule has 16 heavy (non-hydrogen) atoms. The van der Waals surface area contributed by atoms with E-state index >= 15 is 0 Å². The zero-order chi connectivity index (χ0) is 11.4. The Morgan fingerprint density at radius 1 is 1.56 bits per heavy atom. The number of nitrogens with zero attached hydrogens (tertiary/aromatic N) is 3. The lowest BCUT2D eigenvalue weighted by molar-refractivity contribution is 0.526. The van der Waals surface area contributed by atoms with Crippen LogP contribution >= 0.6 is 11.8 Å². The van der Waals surface area contributed by atoms with Crippen molar-refractivity contribution in [1.29, 1.82) is 0 Å². The van der Waals surface area contributed by atoms with Crippen LogP contribution in [0.4, 0.5) is 0 Å². The number of thioether (sulfide) groups is 1. The maximum Gasteiger partial charge on any atom is 0.0964 e. The van der Waals surface area contributed by atoms with Gasteiger partial charge in [0, 0.05) is 31.1 Å². The standard InChI is InChI=1S/C11H20N4S/c1-3-16-11-6-4-5-10(11)12-7-9-8-15(2)14-13-9/h8,10-12H,3-7H2,1-2H3. The van der Waals surface area contributed by atoms with Gasteiger partial charge < -0.3 is 5.32 Å². The minimum absolute atomic E-state index is 0.659. The van der Waals surface area contributed by atoms with E-state index in [1.54, 1.807) is 4.68 Å². The number of rotatable bonds is 5. The molecule has 90 valence electrons. The van der Waals surface area contributed by atoms with Gasteiger partial charge in [-0.1, -0.05) is 18.6 Å². The Kier molecular flexibility index (Phi) is 4.23. The molecule has 2 rings (SSSR count). The topological polar surface area (TPSA) is 42.7 Å². The van der Waals surface area contributed by atoms with Crippen LogP contribution in [0, 0.1) is 0 Å². The molecule has 0 saturated heterocycles. The Morgan fingerprint density at radius 3 is 3.12 bits per heavy atom. The van der Waals surface area contributed by atoms with E-state index in [1.165, 1.54) is 25.0 Å².